The third-order valence-corrected chi connectivity index (χ3v) is 7.97. The minimum atomic E-state index is -4.67. The van der Waals surface area contributed by atoms with Gasteiger partial charge in [0.2, 0.25) is 0 Å². The Morgan fingerprint density at radius 1 is 1.00 bits per heavy atom. The number of benzene rings is 3. The SMILES string of the molecule is CCN1C(=O)[C@@H](NC(=O)c2cccc(C(F)(F)F)c2)[C@H](c2cccc(NC(=O)/C(C)=C/C(=O)OC)c2)c2c(C)nn(-c3ccccc3)c21. The molecule has 0 saturated carbocycles. The van der Waals surface area contributed by atoms with E-state index in [0.29, 0.717) is 34.0 Å². The molecule has 0 spiro atoms. The number of fused-ring (bicyclic) bond motifs is 1. The van der Waals surface area contributed by atoms with Gasteiger partial charge in [-0.25, -0.2) is 9.48 Å². The number of esters is 1. The van der Waals surface area contributed by atoms with Gasteiger partial charge in [0.15, 0.2) is 0 Å². The van der Waals surface area contributed by atoms with Gasteiger partial charge in [-0.05, 0) is 68.8 Å². The zero-order chi connectivity index (χ0) is 34.7. The number of hydrogen-bond donors (Lipinski definition) is 2. The largest absolute Gasteiger partial charge is 0.466 e. The van der Waals surface area contributed by atoms with Crippen molar-refractivity contribution in [2.24, 2.45) is 0 Å². The first-order chi connectivity index (χ1) is 22.8. The predicted octanol–water partition coefficient (Wildman–Crippen LogP) is 5.55. The molecule has 0 saturated heterocycles. The van der Waals surface area contributed by atoms with Gasteiger partial charge >= 0.3 is 12.1 Å². The second kappa shape index (κ2) is 13.6. The maximum atomic E-state index is 14.3. The molecule has 1 aromatic heterocycles. The summed E-state index contributed by atoms with van der Waals surface area (Å²) in [6.45, 7) is 5.19. The molecule has 0 bridgehead atoms. The van der Waals surface area contributed by atoms with E-state index in [0.717, 1.165) is 24.3 Å². The molecular formula is C35H32F3N5O5. The van der Waals surface area contributed by atoms with Crippen LogP contribution in [-0.4, -0.2) is 53.2 Å². The van der Waals surface area contributed by atoms with Crippen molar-refractivity contribution in [2.45, 2.75) is 38.9 Å². The summed E-state index contributed by atoms with van der Waals surface area (Å²) in [4.78, 5) is 53.9. The van der Waals surface area contributed by atoms with Gasteiger partial charge < -0.3 is 15.4 Å². The number of likely N-dealkylation sites (N-methyl/N-ethyl adjacent to an activating group) is 1. The lowest BCUT2D eigenvalue weighted by Crippen LogP contribution is -2.55. The Balaban J connectivity index is 1.63. The van der Waals surface area contributed by atoms with E-state index in [1.54, 1.807) is 42.8 Å². The quantitative estimate of drug-likeness (QED) is 0.189. The van der Waals surface area contributed by atoms with Crippen LogP contribution in [0.3, 0.4) is 0 Å². The Morgan fingerprint density at radius 2 is 1.71 bits per heavy atom. The first-order valence-electron chi connectivity index (χ1n) is 15.0. The summed E-state index contributed by atoms with van der Waals surface area (Å²) in [5.41, 5.74) is 1.51. The van der Waals surface area contributed by atoms with Crippen LogP contribution < -0.4 is 15.5 Å². The van der Waals surface area contributed by atoms with Gasteiger partial charge in [0, 0.05) is 40.9 Å². The number of nitrogens with zero attached hydrogens (tertiary/aromatic N) is 3. The summed E-state index contributed by atoms with van der Waals surface area (Å²) in [5.74, 6) is -3.03. The zero-order valence-electron chi connectivity index (χ0n) is 26.5. The highest BCUT2D eigenvalue weighted by molar-refractivity contribution is 6.07. The number of halogens is 3. The number of alkyl halides is 3. The highest BCUT2D eigenvalue weighted by Crippen LogP contribution is 2.44. The van der Waals surface area contributed by atoms with Crippen LogP contribution >= 0.6 is 0 Å². The number of hydrogen-bond acceptors (Lipinski definition) is 6. The van der Waals surface area contributed by atoms with Crippen molar-refractivity contribution in [2.75, 3.05) is 23.9 Å². The number of amides is 3. The summed E-state index contributed by atoms with van der Waals surface area (Å²) in [6, 6.07) is 18.5. The Hall–Kier alpha value is -5.72. The Bertz CT molecular complexity index is 1920. The van der Waals surface area contributed by atoms with Crippen molar-refractivity contribution in [3.63, 3.8) is 0 Å². The third kappa shape index (κ3) is 6.70. The van der Waals surface area contributed by atoms with E-state index >= 15 is 0 Å². The standard InChI is InChI=1S/C35H32F3N5O5/c1-5-42-33-28(21(3)41-43(33)26-15-7-6-8-16-26)29(22-11-10-14-25(19-22)39-31(45)20(2)17-27(44)48-4)30(34(42)47)40-32(46)23-12-9-13-24(18-23)35(36,37)38/h6-19,29-30H,5H2,1-4H3,(H,39,45)(H,40,46)/b20-17+/t29-,30+/m1/s1. The summed E-state index contributed by atoms with van der Waals surface area (Å²) in [6.07, 6.45) is -3.63. The number of rotatable bonds is 8. The Kier molecular flexibility index (Phi) is 9.50. The lowest BCUT2D eigenvalue weighted by Gasteiger charge is -2.38. The number of para-hydroxylation sites is 1. The summed E-state index contributed by atoms with van der Waals surface area (Å²) < 4.78 is 46.7. The number of carbonyl (C=O) groups excluding carboxylic acids is 4. The van der Waals surface area contributed by atoms with Crippen molar-refractivity contribution in [1.29, 1.82) is 0 Å². The minimum Gasteiger partial charge on any atom is -0.466 e. The molecule has 10 nitrogen and oxygen atoms in total. The van der Waals surface area contributed by atoms with Crippen molar-refractivity contribution >= 4 is 35.2 Å². The van der Waals surface area contributed by atoms with Crippen molar-refractivity contribution in [3.05, 3.63) is 118 Å². The molecule has 2 atom stereocenters. The normalized spacial score (nSPS) is 16.3. The van der Waals surface area contributed by atoms with E-state index in [-0.39, 0.29) is 17.7 Å². The van der Waals surface area contributed by atoms with Gasteiger partial charge in [0.25, 0.3) is 17.7 Å². The molecular weight excluding hydrogens is 627 g/mol. The average Bonchev–Trinajstić information content (AvgIpc) is 3.41. The number of aromatic nitrogens is 2. The fourth-order valence-corrected chi connectivity index (χ4v) is 5.69. The van der Waals surface area contributed by atoms with Crippen molar-refractivity contribution in [3.8, 4) is 5.69 Å². The number of anilines is 2. The molecule has 2 heterocycles. The molecule has 248 valence electrons. The number of methoxy groups -OCH3 is 1. The van der Waals surface area contributed by atoms with E-state index in [9.17, 15) is 32.3 Å². The molecule has 4 aromatic rings. The highest BCUT2D eigenvalue weighted by atomic mass is 19.4. The molecule has 48 heavy (non-hydrogen) atoms. The van der Waals surface area contributed by atoms with Crippen LogP contribution in [0, 0.1) is 6.92 Å². The molecule has 0 fully saturated rings. The maximum Gasteiger partial charge on any atom is 0.416 e. The maximum absolute atomic E-state index is 14.3. The molecule has 3 aromatic carbocycles. The second-order valence-electron chi connectivity index (χ2n) is 11.1. The Labute approximate surface area is 274 Å². The first kappa shape index (κ1) is 33.6. The zero-order valence-corrected chi connectivity index (χ0v) is 26.5. The van der Waals surface area contributed by atoms with Crippen LogP contribution in [-0.2, 0) is 25.3 Å². The molecule has 0 aliphatic carbocycles. The lowest BCUT2D eigenvalue weighted by molar-refractivity contribution is -0.137. The van der Waals surface area contributed by atoms with Gasteiger partial charge in [0.05, 0.1) is 24.1 Å². The number of ether oxygens (including phenoxy) is 1. The van der Waals surface area contributed by atoms with Gasteiger partial charge in [-0.15, -0.1) is 0 Å². The highest BCUT2D eigenvalue weighted by Gasteiger charge is 2.45. The topological polar surface area (TPSA) is 123 Å². The van der Waals surface area contributed by atoms with Crippen LogP contribution in [0.15, 0.2) is 90.5 Å². The first-order valence-corrected chi connectivity index (χ1v) is 15.0. The van der Waals surface area contributed by atoms with E-state index in [2.05, 4.69) is 15.4 Å². The van der Waals surface area contributed by atoms with Gasteiger partial charge in [-0.3, -0.25) is 19.3 Å². The van der Waals surface area contributed by atoms with E-state index < -0.39 is 47.4 Å². The number of nitrogens with one attached hydrogen (secondary N) is 2. The van der Waals surface area contributed by atoms with E-state index in [1.165, 1.54) is 25.0 Å². The molecule has 5 rings (SSSR count). The fourth-order valence-electron chi connectivity index (χ4n) is 5.69. The molecule has 0 unspecified atom stereocenters. The van der Waals surface area contributed by atoms with Crippen LogP contribution in [0.4, 0.5) is 24.7 Å². The van der Waals surface area contributed by atoms with Gasteiger partial charge in [-0.2, -0.15) is 18.3 Å². The minimum absolute atomic E-state index is 0.0900. The smallest absolute Gasteiger partial charge is 0.416 e. The predicted molar refractivity (Wildman–Crippen MR) is 172 cm³/mol. The number of carbonyl (C=O) groups is 4. The van der Waals surface area contributed by atoms with Crippen LogP contribution in [0.1, 0.15) is 52.5 Å². The molecule has 3 amide bonds. The van der Waals surface area contributed by atoms with Crippen LogP contribution in [0.25, 0.3) is 5.69 Å². The summed E-state index contributed by atoms with van der Waals surface area (Å²) in [5, 5.41) is 10.2. The molecule has 13 heteroatoms. The van der Waals surface area contributed by atoms with E-state index in [4.69, 9.17) is 5.10 Å². The summed E-state index contributed by atoms with van der Waals surface area (Å²) in [7, 11) is 1.19. The van der Waals surface area contributed by atoms with Crippen molar-refractivity contribution < 1.29 is 37.1 Å². The van der Waals surface area contributed by atoms with E-state index in [1.807, 2.05) is 30.3 Å². The average molecular weight is 660 g/mol. The third-order valence-electron chi connectivity index (χ3n) is 7.97. The molecule has 1 aliphatic heterocycles. The number of aryl methyl sites for hydroxylation is 1. The molecule has 0 radical (unpaired) electrons. The lowest BCUT2D eigenvalue weighted by atomic mass is 9.81. The fraction of sp³-hybridized carbons (Fsp3) is 0.229. The molecule has 2 N–H and O–H groups in total. The summed E-state index contributed by atoms with van der Waals surface area (Å²) >= 11 is 0. The van der Waals surface area contributed by atoms with Gasteiger partial charge in [-0.1, -0.05) is 36.4 Å². The Morgan fingerprint density at radius 3 is 2.38 bits per heavy atom. The van der Waals surface area contributed by atoms with Crippen molar-refractivity contribution in [1.82, 2.24) is 15.1 Å². The second-order valence-corrected chi connectivity index (χ2v) is 11.1. The van der Waals surface area contributed by atoms with Crippen LogP contribution in [0.5, 0.6) is 0 Å². The van der Waals surface area contributed by atoms with Gasteiger partial charge in [0.1, 0.15) is 11.9 Å². The van der Waals surface area contributed by atoms with Crippen LogP contribution in [0.2, 0.25) is 0 Å². The monoisotopic (exact) mass is 659 g/mol. The molecule has 1 aliphatic rings.